The van der Waals surface area contributed by atoms with Crippen molar-refractivity contribution in [3.05, 3.63) is 71.0 Å². The van der Waals surface area contributed by atoms with Gasteiger partial charge in [0.05, 0.1) is 5.92 Å². The molecule has 0 spiro atoms. The molecular weight excluding hydrogens is 215 g/mol. The minimum atomic E-state index is -0.271. The Kier molecular flexibility index (Phi) is 2.29. The lowest BCUT2D eigenvalue weighted by molar-refractivity contribution is -0.118. The Bertz CT molecular complexity index is 572. The van der Waals surface area contributed by atoms with E-state index in [-0.39, 0.29) is 17.5 Å². The van der Waals surface area contributed by atoms with Gasteiger partial charge in [0.25, 0.3) is 0 Å². The zero-order valence-electron chi connectivity index (χ0n) is 9.19. The maximum absolute atomic E-state index is 12.9. The molecule has 2 aromatic carbocycles. The molecule has 84 valence electrons. The van der Waals surface area contributed by atoms with Gasteiger partial charge >= 0.3 is 0 Å². The Morgan fingerprint density at radius 2 is 1.71 bits per heavy atom. The molecule has 1 atom stereocenters. The fraction of sp³-hybridized carbons (Fsp3) is 0.133. The summed E-state index contributed by atoms with van der Waals surface area (Å²) in [5.41, 5.74) is 3.03. The summed E-state index contributed by atoms with van der Waals surface area (Å²) in [6, 6.07) is 14.0. The SMILES string of the molecule is O=C1Cc2ccccc2C1c1ccc(F)cc1. The molecule has 1 nitrogen and oxygen atoms in total. The van der Waals surface area contributed by atoms with Crippen LogP contribution < -0.4 is 0 Å². The summed E-state index contributed by atoms with van der Waals surface area (Å²) in [7, 11) is 0. The third-order valence-corrected chi connectivity index (χ3v) is 3.26. The second-order valence-corrected chi connectivity index (χ2v) is 4.33. The number of Topliss-reactive ketones (excluding diaryl/α,β-unsaturated/α-hetero) is 1. The minimum absolute atomic E-state index is 0.192. The van der Waals surface area contributed by atoms with E-state index in [0.717, 1.165) is 16.7 Å². The molecule has 3 rings (SSSR count). The molecule has 1 unspecified atom stereocenters. The zero-order valence-corrected chi connectivity index (χ0v) is 9.19. The number of hydrogen-bond acceptors (Lipinski definition) is 1. The van der Waals surface area contributed by atoms with Crippen molar-refractivity contribution in [2.45, 2.75) is 12.3 Å². The van der Waals surface area contributed by atoms with E-state index in [1.807, 2.05) is 24.3 Å². The van der Waals surface area contributed by atoms with E-state index in [2.05, 4.69) is 0 Å². The van der Waals surface area contributed by atoms with Crippen molar-refractivity contribution in [1.82, 2.24) is 0 Å². The summed E-state index contributed by atoms with van der Waals surface area (Å²) >= 11 is 0. The van der Waals surface area contributed by atoms with E-state index in [0.29, 0.717) is 6.42 Å². The largest absolute Gasteiger partial charge is 0.298 e. The van der Waals surface area contributed by atoms with E-state index in [9.17, 15) is 9.18 Å². The lowest BCUT2D eigenvalue weighted by atomic mass is 9.92. The summed E-state index contributed by atoms with van der Waals surface area (Å²) < 4.78 is 12.9. The Morgan fingerprint density at radius 3 is 2.47 bits per heavy atom. The molecule has 0 radical (unpaired) electrons. The van der Waals surface area contributed by atoms with Crippen LogP contribution in [0.15, 0.2) is 48.5 Å². The van der Waals surface area contributed by atoms with Crippen LogP contribution in [0.1, 0.15) is 22.6 Å². The first-order valence-electron chi connectivity index (χ1n) is 5.61. The van der Waals surface area contributed by atoms with Crippen LogP contribution in [-0.4, -0.2) is 5.78 Å². The monoisotopic (exact) mass is 226 g/mol. The molecule has 1 aliphatic carbocycles. The summed E-state index contributed by atoms with van der Waals surface area (Å²) in [6.07, 6.45) is 0.484. The maximum atomic E-state index is 12.9. The summed E-state index contributed by atoms with van der Waals surface area (Å²) in [6.45, 7) is 0. The molecule has 0 aromatic heterocycles. The molecule has 0 fully saturated rings. The van der Waals surface area contributed by atoms with Crippen LogP contribution in [-0.2, 0) is 11.2 Å². The predicted octanol–water partition coefficient (Wildman–Crippen LogP) is 3.08. The van der Waals surface area contributed by atoms with Crippen molar-refractivity contribution in [2.24, 2.45) is 0 Å². The van der Waals surface area contributed by atoms with Crippen molar-refractivity contribution < 1.29 is 9.18 Å². The van der Waals surface area contributed by atoms with Crippen LogP contribution >= 0.6 is 0 Å². The lowest BCUT2D eigenvalue weighted by Crippen LogP contribution is -2.07. The van der Waals surface area contributed by atoms with Crippen LogP contribution in [0.25, 0.3) is 0 Å². The topological polar surface area (TPSA) is 17.1 Å². The Labute approximate surface area is 98.9 Å². The summed E-state index contributed by atoms with van der Waals surface area (Å²) in [5, 5.41) is 0. The van der Waals surface area contributed by atoms with Crippen molar-refractivity contribution in [3.8, 4) is 0 Å². The van der Waals surface area contributed by atoms with E-state index < -0.39 is 0 Å². The van der Waals surface area contributed by atoms with Crippen LogP contribution in [0.3, 0.4) is 0 Å². The molecule has 0 saturated heterocycles. The van der Waals surface area contributed by atoms with E-state index in [4.69, 9.17) is 0 Å². The normalized spacial score (nSPS) is 18.2. The van der Waals surface area contributed by atoms with Crippen molar-refractivity contribution >= 4 is 5.78 Å². The van der Waals surface area contributed by atoms with Gasteiger partial charge in [-0.15, -0.1) is 0 Å². The molecule has 2 heteroatoms. The number of ketones is 1. The molecule has 0 aliphatic heterocycles. The van der Waals surface area contributed by atoms with Gasteiger partial charge in [-0.2, -0.15) is 0 Å². The second-order valence-electron chi connectivity index (χ2n) is 4.33. The Balaban J connectivity index is 2.09. The first-order valence-corrected chi connectivity index (χ1v) is 5.61. The smallest absolute Gasteiger partial charge is 0.149 e. The van der Waals surface area contributed by atoms with Gasteiger partial charge in [0.15, 0.2) is 0 Å². The number of rotatable bonds is 1. The highest BCUT2D eigenvalue weighted by atomic mass is 19.1. The third-order valence-electron chi connectivity index (χ3n) is 3.26. The number of hydrogen-bond donors (Lipinski definition) is 0. The van der Waals surface area contributed by atoms with Gasteiger partial charge in [0.2, 0.25) is 0 Å². The second kappa shape index (κ2) is 3.81. The van der Waals surface area contributed by atoms with Crippen LogP contribution in [0.4, 0.5) is 4.39 Å². The first-order chi connectivity index (χ1) is 8.25. The quantitative estimate of drug-likeness (QED) is 0.730. The minimum Gasteiger partial charge on any atom is -0.298 e. The average molecular weight is 226 g/mol. The highest BCUT2D eigenvalue weighted by Gasteiger charge is 2.31. The number of fused-ring (bicyclic) bond motifs is 1. The number of carbonyl (C=O) groups is 1. The summed E-state index contributed by atoms with van der Waals surface area (Å²) in [5.74, 6) is -0.294. The van der Waals surface area contributed by atoms with E-state index in [1.165, 1.54) is 12.1 Å². The van der Waals surface area contributed by atoms with Gasteiger partial charge in [0, 0.05) is 6.42 Å². The molecule has 0 heterocycles. The van der Waals surface area contributed by atoms with Gasteiger partial charge < -0.3 is 0 Å². The van der Waals surface area contributed by atoms with Crippen molar-refractivity contribution in [2.75, 3.05) is 0 Å². The van der Waals surface area contributed by atoms with Crippen LogP contribution in [0, 0.1) is 5.82 Å². The van der Waals surface area contributed by atoms with Gasteiger partial charge in [-0.25, -0.2) is 4.39 Å². The van der Waals surface area contributed by atoms with Crippen LogP contribution in [0.2, 0.25) is 0 Å². The van der Waals surface area contributed by atoms with Gasteiger partial charge in [-0.3, -0.25) is 4.79 Å². The number of benzene rings is 2. The fourth-order valence-corrected chi connectivity index (χ4v) is 2.46. The Morgan fingerprint density at radius 1 is 1.00 bits per heavy atom. The van der Waals surface area contributed by atoms with Gasteiger partial charge in [-0.1, -0.05) is 36.4 Å². The van der Waals surface area contributed by atoms with Crippen molar-refractivity contribution in [1.29, 1.82) is 0 Å². The molecular formula is C15H11FO. The molecule has 0 amide bonds. The summed E-state index contributed by atoms with van der Waals surface area (Å²) in [4.78, 5) is 12.0. The highest BCUT2D eigenvalue weighted by molar-refractivity contribution is 5.95. The molecule has 17 heavy (non-hydrogen) atoms. The van der Waals surface area contributed by atoms with Crippen molar-refractivity contribution in [3.63, 3.8) is 0 Å². The predicted molar refractivity (Wildman–Crippen MR) is 63.4 cm³/mol. The maximum Gasteiger partial charge on any atom is 0.149 e. The molecule has 2 aromatic rings. The standard InChI is InChI=1S/C15H11FO/c16-12-7-5-10(6-8-12)15-13-4-2-1-3-11(13)9-14(15)17/h1-8,15H,9H2. The first kappa shape index (κ1) is 10.2. The third kappa shape index (κ3) is 1.66. The Hall–Kier alpha value is -1.96. The molecule has 0 N–H and O–H groups in total. The van der Waals surface area contributed by atoms with E-state index >= 15 is 0 Å². The molecule has 1 aliphatic rings. The highest BCUT2D eigenvalue weighted by Crippen LogP contribution is 2.35. The molecule has 0 bridgehead atoms. The molecule has 0 saturated carbocycles. The van der Waals surface area contributed by atoms with Crippen LogP contribution in [0.5, 0.6) is 0 Å². The zero-order chi connectivity index (χ0) is 11.8. The van der Waals surface area contributed by atoms with Gasteiger partial charge in [-0.05, 0) is 28.8 Å². The van der Waals surface area contributed by atoms with E-state index in [1.54, 1.807) is 12.1 Å². The van der Waals surface area contributed by atoms with Gasteiger partial charge in [0.1, 0.15) is 11.6 Å². The number of carbonyl (C=O) groups excluding carboxylic acids is 1. The number of halogens is 1. The lowest BCUT2D eigenvalue weighted by Gasteiger charge is -2.10. The average Bonchev–Trinajstić information content (AvgIpc) is 2.66. The fourth-order valence-electron chi connectivity index (χ4n) is 2.46.